The molecule has 0 aromatic carbocycles. The molecule has 3 amide bonds. The normalized spacial score (nSPS) is 17.2. The van der Waals surface area contributed by atoms with Crippen LogP contribution in [0.3, 0.4) is 0 Å². The second kappa shape index (κ2) is 8.48. The van der Waals surface area contributed by atoms with Gasteiger partial charge in [-0.15, -0.1) is 0 Å². The standard InChI is InChI=1S/C23H25N5O3S/c1-26-12-16-11-24-19-4-3-18(15-7-10-32-14-15)25-21(19)22(16)28(23(26)30)17-5-8-27(9-6-17)20(29)13-31-2/h3-4,7,10-11,14,17H,5-6,8-9,12-13H2,1-2H3. The largest absolute Gasteiger partial charge is 0.375 e. The van der Waals surface area contributed by atoms with Gasteiger partial charge in [-0.05, 0) is 36.4 Å². The van der Waals surface area contributed by atoms with E-state index in [2.05, 4.69) is 10.4 Å². The van der Waals surface area contributed by atoms with Crippen molar-refractivity contribution >= 4 is 40.0 Å². The number of ether oxygens (including phenoxy) is 1. The quantitative estimate of drug-likeness (QED) is 0.608. The summed E-state index contributed by atoms with van der Waals surface area (Å²) in [5.74, 6) is -0.00911. The molecule has 0 radical (unpaired) electrons. The number of amides is 3. The van der Waals surface area contributed by atoms with Crippen molar-refractivity contribution in [2.45, 2.75) is 25.4 Å². The van der Waals surface area contributed by atoms with Gasteiger partial charge in [0.1, 0.15) is 12.1 Å². The minimum atomic E-state index is -0.0330. The van der Waals surface area contributed by atoms with Crippen LogP contribution < -0.4 is 4.90 Å². The zero-order chi connectivity index (χ0) is 22.2. The third kappa shape index (κ3) is 3.61. The molecule has 166 valence electrons. The number of urea groups is 1. The highest BCUT2D eigenvalue weighted by atomic mass is 32.1. The summed E-state index contributed by atoms with van der Waals surface area (Å²) in [6.07, 6.45) is 3.28. The summed E-state index contributed by atoms with van der Waals surface area (Å²) in [7, 11) is 3.34. The number of rotatable bonds is 4. The van der Waals surface area contributed by atoms with E-state index in [1.807, 2.05) is 46.6 Å². The Morgan fingerprint density at radius 1 is 1.25 bits per heavy atom. The molecule has 1 fully saturated rings. The SMILES string of the molecule is COCC(=O)N1CCC(N2C(=O)N(C)Cc3cnc4ccc(-c5ccsc5)nc4c32)CC1. The fraction of sp³-hybridized carbons (Fsp3) is 0.391. The van der Waals surface area contributed by atoms with Gasteiger partial charge in [-0.1, -0.05) is 0 Å². The van der Waals surface area contributed by atoms with Crippen molar-refractivity contribution in [3.8, 4) is 11.3 Å². The van der Waals surface area contributed by atoms with Crippen molar-refractivity contribution in [2.75, 3.05) is 38.8 Å². The Hall–Kier alpha value is -3.04. The van der Waals surface area contributed by atoms with Gasteiger partial charge in [0.25, 0.3) is 0 Å². The number of thiophene rings is 1. The minimum absolute atomic E-state index is 0.00667. The summed E-state index contributed by atoms with van der Waals surface area (Å²) < 4.78 is 4.99. The van der Waals surface area contributed by atoms with E-state index in [-0.39, 0.29) is 24.6 Å². The zero-order valence-electron chi connectivity index (χ0n) is 18.2. The van der Waals surface area contributed by atoms with Crippen molar-refractivity contribution in [3.05, 3.63) is 40.7 Å². The Labute approximate surface area is 190 Å². The number of fused-ring (bicyclic) bond motifs is 3. The first-order chi connectivity index (χ1) is 15.6. The van der Waals surface area contributed by atoms with Crippen LogP contribution in [0.5, 0.6) is 0 Å². The van der Waals surface area contributed by atoms with E-state index in [1.54, 1.807) is 16.2 Å². The first kappa shape index (κ1) is 20.8. The molecule has 1 saturated heterocycles. The molecule has 32 heavy (non-hydrogen) atoms. The first-order valence-electron chi connectivity index (χ1n) is 10.7. The molecule has 5 heterocycles. The third-order valence-corrected chi connectivity index (χ3v) is 6.89. The van der Waals surface area contributed by atoms with Crippen LogP contribution in [0, 0.1) is 0 Å². The summed E-state index contributed by atoms with van der Waals surface area (Å²) in [6.45, 7) is 1.80. The number of methoxy groups -OCH3 is 1. The van der Waals surface area contributed by atoms with Crippen molar-refractivity contribution in [2.24, 2.45) is 0 Å². The van der Waals surface area contributed by atoms with Crippen LogP contribution in [-0.4, -0.2) is 71.6 Å². The lowest BCUT2D eigenvalue weighted by Crippen LogP contribution is -2.54. The van der Waals surface area contributed by atoms with E-state index in [4.69, 9.17) is 9.72 Å². The second-order valence-electron chi connectivity index (χ2n) is 8.26. The van der Waals surface area contributed by atoms with Crippen molar-refractivity contribution < 1.29 is 14.3 Å². The van der Waals surface area contributed by atoms with Crippen LogP contribution in [0.4, 0.5) is 10.5 Å². The zero-order valence-corrected chi connectivity index (χ0v) is 19.0. The van der Waals surface area contributed by atoms with Gasteiger partial charge in [0.15, 0.2) is 0 Å². The molecule has 3 aromatic heterocycles. The highest BCUT2D eigenvalue weighted by Crippen LogP contribution is 2.37. The predicted octanol–water partition coefficient (Wildman–Crippen LogP) is 3.37. The third-order valence-electron chi connectivity index (χ3n) is 6.21. The number of aromatic nitrogens is 2. The molecule has 0 saturated carbocycles. The molecular formula is C23H25N5O3S. The van der Waals surface area contributed by atoms with E-state index >= 15 is 0 Å². The molecule has 0 atom stereocenters. The van der Waals surface area contributed by atoms with Gasteiger partial charge in [-0.25, -0.2) is 9.78 Å². The van der Waals surface area contributed by atoms with Gasteiger partial charge in [0.05, 0.1) is 23.4 Å². The van der Waals surface area contributed by atoms with Crippen LogP contribution in [0.25, 0.3) is 22.3 Å². The molecule has 0 N–H and O–H groups in total. The number of piperidine rings is 1. The number of hydrogen-bond donors (Lipinski definition) is 0. The highest BCUT2D eigenvalue weighted by molar-refractivity contribution is 7.08. The molecule has 2 aliphatic heterocycles. The molecule has 0 aliphatic carbocycles. The maximum Gasteiger partial charge on any atom is 0.324 e. The van der Waals surface area contributed by atoms with E-state index in [0.717, 1.165) is 33.5 Å². The Morgan fingerprint density at radius 3 is 2.78 bits per heavy atom. The monoisotopic (exact) mass is 451 g/mol. The Morgan fingerprint density at radius 2 is 2.06 bits per heavy atom. The van der Waals surface area contributed by atoms with Gasteiger partial charge in [0.2, 0.25) is 5.91 Å². The van der Waals surface area contributed by atoms with Crippen LogP contribution in [0.1, 0.15) is 18.4 Å². The van der Waals surface area contributed by atoms with Gasteiger partial charge in [-0.2, -0.15) is 11.3 Å². The molecule has 5 rings (SSSR count). The number of anilines is 1. The number of likely N-dealkylation sites (tertiary alicyclic amines) is 1. The average molecular weight is 452 g/mol. The summed E-state index contributed by atoms with van der Waals surface area (Å²) >= 11 is 1.63. The molecule has 3 aromatic rings. The summed E-state index contributed by atoms with van der Waals surface area (Å²) in [5.41, 5.74) is 5.32. The molecule has 9 heteroatoms. The van der Waals surface area contributed by atoms with Gasteiger partial charge >= 0.3 is 6.03 Å². The fourth-order valence-corrected chi connectivity index (χ4v) is 5.23. The number of carbonyl (C=O) groups is 2. The molecule has 0 spiro atoms. The number of carbonyl (C=O) groups excluding carboxylic acids is 2. The Kier molecular flexibility index (Phi) is 5.52. The average Bonchev–Trinajstić information content (AvgIpc) is 3.35. The summed E-state index contributed by atoms with van der Waals surface area (Å²) in [4.78, 5) is 40.6. The van der Waals surface area contributed by atoms with E-state index in [9.17, 15) is 9.59 Å². The van der Waals surface area contributed by atoms with Crippen LogP contribution in [-0.2, 0) is 16.1 Å². The Balaban J connectivity index is 1.54. The Bertz CT molecular complexity index is 1160. The predicted molar refractivity (Wildman–Crippen MR) is 124 cm³/mol. The fourth-order valence-electron chi connectivity index (χ4n) is 4.58. The topological polar surface area (TPSA) is 78.9 Å². The lowest BCUT2D eigenvalue weighted by Gasteiger charge is -2.43. The van der Waals surface area contributed by atoms with Gasteiger partial charge in [0, 0.05) is 56.0 Å². The number of pyridine rings is 2. The van der Waals surface area contributed by atoms with Gasteiger partial charge in [-0.3, -0.25) is 14.7 Å². The van der Waals surface area contributed by atoms with E-state index < -0.39 is 0 Å². The molecule has 0 bridgehead atoms. The molecule has 0 unspecified atom stereocenters. The van der Waals surface area contributed by atoms with Crippen LogP contribution in [0.15, 0.2) is 35.2 Å². The first-order valence-corrected chi connectivity index (χ1v) is 11.6. The highest BCUT2D eigenvalue weighted by Gasteiger charge is 2.37. The number of hydrogen-bond acceptors (Lipinski definition) is 6. The maximum atomic E-state index is 13.4. The van der Waals surface area contributed by atoms with Crippen LogP contribution in [0.2, 0.25) is 0 Å². The summed E-state index contributed by atoms with van der Waals surface area (Å²) in [6, 6.07) is 5.96. The molecule has 2 aliphatic rings. The smallest absolute Gasteiger partial charge is 0.324 e. The molecular weight excluding hydrogens is 426 g/mol. The lowest BCUT2D eigenvalue weighted by molar-refractivity contribution is -0.136. The van der Waals surface area contributed by atoms with Gasteiger partial charge < -0.3 is 14.5 Å². The summed E-state index contributed by atoms with van der Waals surface area (Å²) in [5, 5.41) is 4.10. The van der Waals surface area contributed by atoms with E-state index in [0.29, 0.717) is 32.5 Å². The second-order valence-corrected chi connectivity index (χ2v) is 9.04. The maximum absolute atomic E-state index is 13.4. The number of nitrogens with zero attached hydrogens (tertiary/aromatic N) is 5. The van der Waals surface area contributed by atoms with Crippen molar-refractivity contribution in [1.82, 2.24) is 19.8 Å². The lowest BCUT2D eigenvalue weighted by atomic mass is 9.99. The van der Waals surface area contributed by atoms with E-state index in [1.165, 1.54) is 7.11 Å². The molecule has 8 nitrogen and oxygen atoms in total. The van der Waals surface area contributed by atoms with Crippen LogP contribution >= 0.6 is 11.3 Å². The van der Waals surface area contributed by atoms with Crippen molar-refractivity contribution in [3.63, 3.8) is 0 Å². The minimum Gasteiger partial charge on any atom is -0.375 e. The van der Waals surface area contributed by atoms with Crippen molar-refractivity contribution in [1.29, 1.82) is 0 Å².